The molecule has 0 bridgehead atoms. The van der Waals surface area contributed by atoms with E-state index in [2.05, 4.69) is 0 Å². The second-order valence-electron chi connectivity index (χ2n) is 7.74. The molecule has 8 heteroatoms. The van der Waals surface area contributed by atoms with E-state index >= 15 is 0 Å². The van der Waals surface area contributed by atoms with Gasteiger partial charge in [0.1, 0.15) is 17.5 Å². The standard InChI is InChI=1S/C22H22F3NO4/c23-22(24,25)17-5-2-6-19(12-17)30-18-7-9-26(10-8-18)20(27)15-3-1-4-16(11-15)21(28)13-29-14-21/h1-6,11-12,18,28H,7-10,13-14H2. The summed E-state index contributed by atoms with van der Waals surface area (Å²) in [5, 5.41) is 10.4. The smallest absolute Gasteiger partial charge is 0.416 e. The Morgan fingerprint density at radius 2 is 1.80 bits per heavy atom. The molecule has 2 saturated heterocycles. The minimum absolute atomic E-state index is 0.141. The fraction of sp³-hybridized carbons (Fsp3) is 0.409. The number of piperidine rings is 1. The Balaban J connectivity index is 1.36. The molecule has 2 fully saturated rings. The van der Waals surface area contributed by atoms with E-state index in [1.54, 1.807) is 29.2 Å². The number of rotatable bonds is 4. The lowest BCUT2D eigenvalue weighted by Gasteiger charge is -2.37. The molecule has 0 aromatic heterocycles. The predicted octanol–water partition coefficient (Wildman–Crippen LogP) is 3.61. The van der Waals surface area contributed by atoms with Gasteiger partial charge in [0.2, 0.25) is 0 Å². The van der Waals surface area contributed by atoms with Crippen molar-refractivity contribution in [2.75, 3.05) is 26.3 Å². The molecular weight excluding hydrogens is 399 g/mol. The molecule has 2 aromatic rings. The first-order valence-electron chi connectivity index (χ1n) is 9.78. The minimum Gasteiger partial charge on any atom is -0.490 e. The summed E-state index contributed by atoms with van der Waals surface area (Å²) in [6, 6.07) is 11.7. The third-order valence-electron chi connectivity index (χ3n) is 5.52. The maximum absolute atomic E-state index is 12.9. The maximum atomic E-state index is 12.9. The van der Waals surface area contributed by atoms with Crippen LogP contribution in [0.5, 0.6) is 5.75 Å². The van der Waals surface area contributed by atoms with Crippen molar-refractivity contribution in [1.82, 2.24) is 4.90 Å². The molecule has 1 N–H and O–H groups in total. The van der Waals surface area contributed by atoms with Crippen LogP contribution in [-0.2, 0) is 16.5 Å². The number of hydrogen-bond acceptors (Lipinski definition) is 4. The molecular formula is C22H22F3NO4. The molecule has 2 aromatic carbocycles. The summed E-state index contributed by atoms with van der Waals surface area (Å²) in [5.41, 5.74) is -0.638. The third kappa shape index (κ3) is 4.29. The van der Waals surface area contributed by atoms with Gasteiger partial charge in [0.15, 0.2) is 0 Å². The van der Waals surface area contributed by atoms with E-state index in [-0.39, 0.29) is 31.0 Å². The molecule has 5 nitrogen and oxygen atoms in total. The van der Waals surface area contributed by atoms with Crippen LogP contribution in [0.25, 0.3) is 0 Å². The van der Waals surface area contributed by atoms with E-state index in [9.17, 15) is 23.1 Å². The molecule has 30 heavy (non-hydrogen) atoms. The van der Waals surface area contributed by atoms with Gasteiger partial charge in [0.05, 0.1) is 18.8 Å². The fourth-order valence-corrected chi connectivity index (χ4v) is 3.70. The highest BCUT2D eigenvalue weighted by Crippen LogP contribution is 2.32. The van der Waals surface area contributed by atoms with Crippen LogP contribution in [0.1, 0.15) is 34.3 Å². The first-order chi connectivity index (χ1) is 14.2. The molecule has 0 atom stereocenters. The van der Waals surface area contributed by atoms with Gasteiger partial charge in [0.25, 0.3) is 5.91 Å². The van der Waals surface area contributed by atoms with Crippen molar-refractivity contribution in [2.24, 2.45) is 0 Å². The second-order valence-corrected chi connectivity index (χ2v) is 7.74. The molecule has 0 aliphatic carbocycles. The number of carbonyl (C=O) groups excluding carboxylic acids is 1. The Hall–Kier alpha value is -2.58. The number of ether oxygens (including phenoxy) is 2. The number of halogens is 3. The summed E-state index contributed by atoms with van der Waals surface area (Å²) < 4.78 is 49.4. The van der Waals surface area contributed by atoms with Crippen LogP contribution in [0.15, 0.2) is 48.5 Å². The van der Waals surface area contributed by atoms with E-state index < -0.39 is 17.3 Å². The van der Waals surface area contributed by atoms with E-state index in [4.69, 9.17) is 9.47 Å². The van der Waals surface area contributed by atoms with Crippen molar-refractivity contribution < 1.29 is 32.5 Å². The van der Waals surface area contributed by atoms with Crippen LogP contribution in [0.4, 0.5) is 13.2 Å². The van der Waals surface area contributed by atoms with Gasteiger partial charge in [-0.3, -0.25) is 4.79 Å². The Morgan fingerprint density at radius 3 is 2.43 bits per heavy atom. The largest absolute Gasteiger partial charge is 0.490 e. The number of aliphatic hydroxyl groups is 1. The molecule has 2 aliphatic rings. The summed E-state index contributed by atoms with van der Waals surface area (Å²) in [6.45, 7) is 1.31. The van der Waals surface area contributed by atoms with Crippen LogP contribution in [0.3, 0.4) is 0 Å². The number of alkyl halides is 3. The van der Waals surface area contributed by atoms with Gasteiger partial charge < -0.3 is 19.5 Å². The average molecular weight is 421 g/mol. The van der Waals surface area contributed by atoms with Crippen LogP contribution < -0.4 is 4.74 Å². The number of nitrogens with zero attached hydrogens (tertiary/aromatic N) is 1. The van der Waals surface area contributed by atoms with Gasteiger partial charge in [-0.2, -0.15) is 13.2 Å². The zero-order valence-electron chi connectivity index (χ0n) is 16.2. The maximum Gasteiger partial charge on any atom is 0.416 e. The van der Waals surface area contributed by atoms with E-state index in [0.29, 0.717) is 37.1 Å². The predicted molar refractivity (Wildman–Crippen MR) is 102 cm³/mol. The summed E-state index contributed by atoms with van der Waals surface area (Å²) in [5.74, 6) is 0.0384. The normalized spacial score (nSPS) is 19.3. The van der Waals surface area contributed by atoms with Crippen LogP contribution >= 0.6 is 0 Å². The molecule has 2 heterocycles. The Bertz CT molecular complexity index is 919. The fourth-order valence-electron chi connectivity index (χ4n) is 3.70. The summed E-state index contributed by atoms with van der Waals surface area (Å²) >= 11 is 0. The molecule has 0 saturated carbocycles. The highest BCUT2D eigenvalue weighted by molar-refractivity contribution is 5.94. The van der Waals surface area contributed by atoms with Gasteiger partial charge in [0, 0.05) is 31.5 Å². The monoisotopic (exact) mass is 421 g/mol. The number of amides is 1. The first-order valence-corrected chi connectivity index (χ1v) is 9.78. The quantitative estimate of drug-likeness (QED) is 0.820. The van der Waals surface area contributed by atoms with E-state index in [0.717, 1.165) is 12.1 Å². The Kier molecular flexibility index (Phi) is 5.46. The van der Waals surface area contributed by atoms with Crippen LogP contribution in [-0.4, -0.2) is 48.3 Å². The highest BCUT2D eigenvalue weighted by Gasteiger charge is 2.38. The Labute approximate surface area is 172 Å². The van der Waals surface area contributed by atoms with Crippen molar-refractivity contribution in [1.29, 1.82) is 0 Å². The second kappa shape index (κ2) is 7.92. The summed E-state index contributed by atoms with van der Waals surface area (Å²) in [6.07, 6.45) is -3.61. The van der Waals surface area contributed by atoms with Crippen molar-refractivity contribution >= 4 is 5.91 Å². The van der Waals surface area contributed by atoms with E-state index in [1.165, 1.54) is 12.1 Å². The SMILES string of the molecule is O=C(c1cccc(C2(O)COC2)c1)N1CCC(Oc2cccc(C(F)(F)F)c2)CC1. The van der Waals surface area contributed by atoms with Crippen molar-refractivity contribution in [2.45, 2.75) is 30.7 Å². The molecule has 1 amide bonds. The molecule has 0 spiro atoms. The first kappa shape index (κ1) is 20.7. The molecule has 0 unspecified atom stereocenters. The molecule has 0 radical (unpaired) electrons. The lowest BCUT2D eigenvalue weighted by molar-refractivity contribution is -0.184. The van der Waals surface area contributed by atoms with Gasteiger partial charge in [-0.15, -0.1) is 0 Å². The minimum atomic E-state index is -4.41. The zero-order chi connectivity index (χ0) is 21.4. The topological polar surface area (TPSA) is 59.0 Å². The lowest BCUT2D eigenvalue weighted by Crippen LogP contribution is -2.46. The Morgan fingerprint density at radius 1 is 1.10 bits per heavy atom. The average Bonchev–Trinajstić information content (AvgIpc) is 2.72. The summed E-state index contributed by atoms with van der Waals surface area (Å²) in [4.78, 5) is 14.6. The summed E-state index contributed by atoms with van der Waals surface area (Å²) in [7, 11) is 0. The number of likely N-dealkylation sites (tertiary alicyclic amines) is 1. The van der Waals surface area contributed by atoms with Gasteiger partial charge in [-0.1, -0.05) is 18.2 Å². The molecule has 2 aliphatic heterocycles. The lowest BCUT2D eigenvalue weighted by atomic mass is 9.90. The number of benzene rings is 2. The number of hydrogen-bond donors (Lipinski definition) is 1. The van der Waals surface area contributed by atoms with Crippen molar-refractivity contribution in [3.63, 3.8) is 0 Å². The van der Waals surface area contributed by atoms with Gasteiger partial charge in [-0.05, 0) is 35.9 Å². The van der Waals surface area contributed by atoms with E-state index in [1.807, 2.05) is 0 Å². The third-order valence-corrected chi connectivity index (χ3v) is 5.52. The van der Waals surface area contributed by atoms with Crippen molar-refractivity contribution in [3.05, 3.63) is 65.2 Å². The number of carbonyl (C=O) groups is 1. The highest BCUT2D eigenvalue weighted by atomic mass is 19.4. The molecule has 160 valence electrons. The van der Waals surface area contributed by atoms with Crippen LogP contribution in [0, 0.1) is 0 Å². The zero-order valence-corrected chi connectivity index (χ0v) is 16.2. The van der Waals surface area contributed by atoms with Crippen LogP contribution in [0.2, 0.25) is 0 Å². The van der Waals surface area contributed by atoms with Crippen molar-refractivity contribution in [3.8, 4) is 5.75 Å². The molecule has 4 rings (SSSR count). The van der Waals surface area contributed by atoms with Gasteiger partial charge in [-0.25, -0.2) is 0 Å². The van der Waals surface area contributed by atoms with Gasteiger partial charge >= 0.3 is 6.18 Å².